The van der Waals surface area contributed by atoms with Crippen LogP contribution in [0.5, 0.6) is 0 Å². The number of fused-ring (bicyclic) bond motifs is 1. The van der Waals surface area contributed by atoms with Crippen molar-refractivity contribution in [1.29, 1.82) is 0 Å². The molecule has 2 aromatic rings. The molecule has 214 valence electrons. The summed E-state index contributed by atoms with van der Waals surface area (Å²) in [5, 5.41) is 11.5. The fraction of sp³-hybridized carbons (Fsp3) is 0.522. The van der Waals surface area contributed by atoms with E-state index >= 15 is 0 Å². The third-order valence-electron chi connectivity index (χ3n) is 6.38. The third-order valence-corrected chi connectivity index (χ3v) is 10.0. The first-order chi connectivity index (χ1) is 17.9. The lowest BCUT2D eigenvalue weighted by Crippen LogP contribution is -2.43. The zero-order valence-electron chi connectivity index (χ0n) is 20.9. The summed E-state index contributed by atoms with van der Waals surface area (Å²) >= 11 is 13.5. The molecule has 9 nitrogen and oxygen atoms in total. The van der Waals surface area contributed by atoms with Crippen molar-refractivity contribution in [2.24, 2.45) is 11.8 Å². The number of likely N-dealkylation sites (tertiary alicyclic amines) is 1. The molecule has 0 radical (unpaired) electrons. The van der Waals surface area contributed by atoms with Crippen molar-refractivity contribution in [2.45, 2.75) is 49.9 Å². The Labute approximate surface area is 236 Å². The molecule has 1 saturated carbocycles. The average Bonchev–Trinajstić information content (AvgIpc) is 3.21. The maximum Gasteiger partial charge on any atom is 0.404 e. The molecule has 2 aliphatic rings. The molecular weight excluding hydrogens is 604 g/mol. The van der Waals surface area contributed by atoms with E-state index in [1.807, 2.05) is 0 Å². The second-order valence-electron chi connectivity index (χ2n) is 10.3. The minimum absolute atomic E-state index is 0.0798. The summed E-state index contributed by atoms with van der Waals surface area (Å²) in [6.07, 6.45) is -3.80. The predicted octanol–water partition coefficient (Wildman–Crippen LogP) is 3.94. The second-order valence-corrected chi connectivity index (χ2v) is 13.7. The summed E-state index contributed by atoms with van der Waals surface area (Å²) in [7, 11) is -4.73. The van der Waals surface area contributed by atoms with Crippen molar-refractivity contribution in [3.63, 3.8) is 0 Å². The highest BCUT2D eigenvalue weighted by Crippen LogP contribution is 2.46. The fourth-order valence-electron chi connectivity index (χ4n) is 4.11. The number of carbonyl (C=O) groups is 2. The lowest BCUT2D eigenvalue weighted by atomic mass is 10.1. The summed E-state index contributed by atoms with van der Waals surface area (Å²) in [6.45, 7) is 4.61. The highest BCUT2D eigenvalue weighted by molar-refractivity contribution is 7.89. The van der Waals surface area contributed by atoms with Crippen molar-refractivity contribution in [3.8, 4) is 10.4 Å². The molecule has 0 bridgehead atoms. The standard InChI is InChI=1S/C23H25Cl2F3N4O5S2/c1-10(23(26,27)28)31-39(36,37)14-5-4-13(15(24)16(14)25)18-17(21(34)32-7-11-6-12(11)8-32)30-20(38-18)19(33)29-9-22(2,3)35/h4-5,10-12,31,35H,6-9H2,1-3H3,(H,29,33)/t10-,11?,12?/m0/s1. The molecule has 16 heteroatoms. The molecule has 1 aliphatic heterocycles. The van der Waals surface area contributed by atoms with Crippen LogP contribution in [0.25, 0.3) is 10.4 Å². The lowest BCUT2D eigenvalue weighted by molar-refractivity contribution is -0.147. The van der Waals surface area contributed by atoms with E-state index in [0.717, 1.165) is 23.8 Å². The summed E-state index contributed by atoms with van der Waals surface area (Å²) in [5.74, 6) is -0.266. The van der Waals surface area contributed by atoms with Gasteiger partial charge in [0.25, 0.3) is 11.8 Å². The minimum Gasteiger partial charge on any atom is -0.389 e. The Balaban J connectivity index is 1.72. The van der Waals surface area contributed by atoms with Gasteiger partial charge >= 0.3 is 6.18 Å². The highest BCUT2D eigenvalue weighted by Gasteiger charge is 2.47. The van der Waals surface area contributed by atoms with Crippen molar-refractivity contribution in [3.05, 3.63) is 32.9 Å². The van der Waals surface area contributed by atoms with E-state index < -0.39 is 49.6 Å². The molecule has 39 heavy (non-hydrogen) atoms. The van der Waals surface area contributed by atoms with Gasteiger partial charge in [-0.2, -0.15) is 17.9 Å². The summed E-state index contributed by atoms with van der Waals surface area (Å²) in [6, 6.07) is -0.216. The topological polar surface area (TPSA) is 129 Å². The van der Waals surface area contributed by atoms with E-state index in [4.69, 9.17) is 23.2 Å². The quantitative estimate of drug-likeness (QED) is 0.406. The number of rotatable bonds is 8. The molecule has 4 rings (SSSR count). The zero-order valence-corrected chi connectivity index (χ0v) is 24.0. The number of amides is 2. The van der Waals surface area contributed by atoms with Crippen LogP contribution in [0.3, 0.4) is 0 Å². The van der Waals surface area contributed by atoms with E-state index in [1.165, 1.54) is 24.6 Å². The summed E-state index contributed by atoms with van der Waals surface area (Å²) in [4.78, 5) is 31.5. The smallest absolute Gasteiger partial charge is 0.389 e. The van der Waals surface area contributed by atoms with Crippen LogP contribution >= 0.6 is 34.5 Å². The normalized spacial score (nSPS) is 20.1. The molecule has 1 aliphatic carbocycles. The number of halogens is 5. The maximum atomic E-state index is 13.4. The van der Waals surface area contributed by atoms with E-state index in [2.05, 4.69) is 10.3 Å². The predicted molar refractivity (Wildman–Crippen MR) is 140 cm³/mol. The molecule has 2 heterocycles. The van der Waals surface area contributed by atoms with E-state index in [-0.39, 0.29) is 32.7 Å². The van der Waals surface area contributed by atoms with Gasteiger partial charge in [-0.15, -0.1) is 11.3 Å². The van der Waals surface area contributed by atoms with Gasteiger partial charge < -0.3 is 15.3 Å². The molecule has 3 atom stereocenters. The number of piperidine rings is 1. The summed E-state index contributed by atoms with van der Waals surface area (Å²) < 4.78 is 65.7. The summed E-state index contributed by atoms with van der Waals surface area (Å²) in [5.41, 5.74) is -1.22. The maximum absolute atomic E-state index is 13.4. The van der Waals surface area contributed by atoms with Crippen LogP contribution in [0.15, 0.2) is 17.0 Å². The van der Waals surface area contributed by atoms with Crippen molar-refractivity contribution >= 4 is 56.4 Å². The van der Waals surface area contributed by atoms with Gasteiger partial charge in [0.05, 0.1) is 20.5 Å². The number of benzene rings is 1. The van der Waals surface area contributed by atoms with Crippen LogP contribution in [0.2, 0.25) is 10.0 Å². The Bertz CT molecular complexity index is 1420. The molecule has 1 aromatic carbocycles. The number of alkyl halides is 3. The van der Waals surface area contributed by atoms with E-state index in [0.29, 0.717) is 31.8 Å². The number of carbonyl (C=O) groups excluding carboxylic acids is 2. The molecular formula is C23H25Cl2F3N4O5S2. The molecule has 1 saturated heterocycles. The lowest BCUT2D eigenvalue weighted by Gasteiger charge is -2.19. The van der Waals surface area contributed by atoms with Crippen LogP contribution in [0.4, 0.5) is 13.2 Å². The van der Waals surface area contributed by atoms with Crippen molar-refractivity contribution in [1.82, 2.24) is 19.9 Å². The first kappa shape index (κ1) is 30.0. The highest BCUT2D eigenvalue weighted by atomic mass is 35.5. The zero-order chi connectivity index (χ0) is 29.1. The average molecular weight is 630 g/mol. The Hall–Kier alpha value is -1.97. The first-order valence-corrected chi connectivity index (χ1v) is 14.8. The second kappa shape index (κ2) is 10.5. The van der Waals surface area contributed by atoms with Crippen LogP contribution in [0, 0.1) is 11.8 Å². The number of aromatic nitrogens is 1. The number of aliphatic hydroxyl groups is 1. The SMILES string of the molecule is C[C@H](NS(=O)(=O)c1ccc(-c2sc(C(=O)NCC(C)(C)O)nc2C(=O)N2CC3CC3C2)c(Cl)c1Cl)C(F)(F)F. The Morgan fingerprint density at radius 2 is 1.82 bits per heavy atom. The molecule has 2 fully saturated rings. The molecule has 3 N–H and O–H groups in total. The van der Waals surface area contributed by atoms with Gasteiger partial charge in [0.1, 0.15) is 16.6 Å². The van der Waals surface area contributed by atoms with Gasteiger partial charge in [-0.3, -0.25) is 9.59 Å². The van der Waals surface area contributed by atoms with Gasteiger partial charge in [0.15, 0.2) is 5.01 Å². The Morgan fingerprint density at radius 3 is 2.38 bits per heavy atom. The number of hydrogen-bond donors (Lipinski definition) is 3. The monoisotopic (exact) mass is 628 g/mol. The van der Waals surface area contributed by atoms with E-state index in [9.17, 15) is 36.3 Å². The van der Waals surface area contributed by atoms with Crippen molar-refractivity contribution < 1.29 is 36.3 Å². The van der Waals surface area contributed by atoms with Crippen LogP contribution < -0.4 is 10.0 Å². The molecule has 1 aromatic heterocycles. The molecule has 2 amide bonds. The number of thiazole rings is 1. The largest absolute Gasteiger partial charge is 0.404 e. The van der Waals surface area contributed by atoms with Gasteiger partial charge in [-0.05, 0) is 45.1 Å². The van der Waals surface area contributed by atoms with Crippen molar-refractivity contribution in [2.75, 3.05) is 19.6 Å². The number of nitrogens with one attached hydrogen (secondary N) is 2. The van der Waals surface area contributed by atoms with Gasteiger partial charge in [-0.25, -0.2) is 13.4 Å². The fourth-order valence-corrected chi connectivity index (χ4v) is 7.27. The number of nitrogens with zero attached hydrogens (tertiary/aromatic N) is 2. The number of hydrogen-bond acceptors (Lipinski definition) is 7. The molecule has 2 unspecified atom stereocenters. The minimum atomic E-state index is -4.83. The van der Waals surface area contributed by atoms with E-state index in [1.54, 1.807) is 4.90 Å². The molecule has 0 spiro atoms. The Morgan fingerprint density at radius 1 is 1.21 bits per heavy atom. The van der Waals surface area contributed by atoms with Crippen LogP contribution in [-0.2, 0) is 10.0 Å². The van der Waals surface area contributed by atoms with Crippen LogP contribution in [-0.4, -0.2) is 72.7 Å². The van der Waals surface area contributed by atoms with Gasteiger partial charge in [-0.1, -0.05) is 29.3 Å². The van der Waals surface area contributed by atoms with Gasteiger partial charge in [0.2, 0.25) is 10.0 Å². The number of sulfonamides is 1. The first-order valence-electron chi connectivity index (χ1n) is 11.8. The third kappa shape index (κ3) is 6.51. The van der Waals surface area contributed by atoms with Gasteiger partial charge in [0, 0.05) is 25.2 Å². The van der Waals surface area contributed by atoms with Crippen LogP contribution in [0.1, 0.15) is 47.5 Å². The Kier molecular flexibility index (Phi) is 8.04.